The van der Waals surface area contributed by atoms with Crippen molar-refractivity contribution in [1.29, 1.82) is 0 Å². The Hall–Kier alpha value is -1.65. The smallest absolute Gasteiger partial charge is 0.110 e. The van der Waals surface area contributed by atoms with Crippen LogP contribution in [-0.4, -0.2) is 28.8 Å². The lowest BCUT2D eigenvalue weighted by molar-refractivity contribution is 0.0775. The van der Waals surface area contributed by atoms with E-state index >= 15 is 0 Å². The molecule has 106 valence electrons. The Morgan fingerprint density at radius 3 is 2.75 bits per heavy atom. The van der Waals surface area contributed by atoms with Crippen molar-refractivity contribution in [3.8, 4) is 5.69 Å². The normalized spacial score (nSPS) is 16.4. The van der Waals surface area contributed by atoms with Crippen molar-refractivity contribution in [3.05, 3.63) is 48.0 Å². The van der Waals surface area contributed by atoms with Gasteiger partial charge >= 0.3 is 0 Å². The van der Waals surface area contributed by atoms with Crippen molar-refractivity contribution in [2.45, 2.75) is 32.4 Å². The van der Waals surface area contributed by atoms with E-state index in [-0.39, 0.29) is 0 Å². The largest absolute Gasteiger partial charge is 0.381 e. The fourth-order valence-corrected chi connectivity index (χ4v) is 2.70. The Balaban J connectivity index is 1.74. The van der Waals surface area contributed by atoms with E-state index in [0.29, 0.717) is 6.04 Å². The van der Waals surface area contributed by atoms with Gasteiger partial charge in [0.2, 0.25) is 0 Å². The molecule has 1 fully saturated rings. The van der Waals surface area contributed by atoms with E-state index < -0.39 is 0 Å². The van der Waals surface area contributed by atoms with Crippen LogP contribution in [0.2, 0.25) is 0 Å². The van der Waals surface area contributed by atoms with Gasteiger partial charge in [0, 0.05) is 31.5 Å². The maximum atomic E-state index is 5.39. The molecule has 1 aliphatic rings. The number of para-hydroxylation sites is 1. The zero-order valence-electron chi connectivity index (χ0n) is 11.9. The molecule has 1 N–H and O–H groups in total. The summed E-state index contributed by atoms with van der Waals surface area (Å²) in [6, 6.07) is 11.0. The zero-order chi connectivity index (χ0) is 13.8. The molecule has 0 atom stereocenters. The lowest BCUT2D eigenvalue weighted by Gasteiger charge is -2.23. The molecule has 2 heterocycles. The highest BCUT2D eigenvalue weighted by atomic mass is 16.5. The third-order valence-electron chi connectivity index (χ3n) is 3.82. The first-order valence-corrected chi connectivity index (χ1v) is 7.24. The number of nitrogens with zero attached hydrogens (tertiary/aromatic N) is 2. The van der Waals surface area contributed by atoms with Crippen LogP contribution >= 0.6 is 0 Å². The first-order valence-electron chi connectivity index (χ1n) is 7.24. The summed E-state index contributed by atoms with van der Waals surface area (Å²) in [5.41, 5.74) is 2.38. The number of aryl methyl sites for hydroxylation is 1. The second-order valence-electron chi connectivity index (χ2n) is 5.24. The van der Waals surface area contributed by atoms with Gasteiger partial charge in [-0.25, -0.2) is 4.98 Å². The summed E-state index contributed by atoms with van der Waals surface area (Å²) >= 11 is 0. The van der Waals surface area contributed by atoms with E-state index in [9.17, 15) is 0 Å². The van der Waals surface area contributed by atoms with Gasteiger partial charge in [0.05, 0.1) is 11.9 Å². The SMILES string of the molecule is Cc1ncc(CNC2CCOCC2)n1-c1ccccc1. The summed E-state index contributed by atoms with van der Waals surface area (Å²) < 4.78 is 7.61. The summed E-state index contributed by atoms with van der Waals surface area (Å²) in [7, 11) is 0. The van der Waals surface area contributed by atoms with Crippen LogP contribution in [0.25, 0.3) is 5.69 Å². The molecule has 20 heavy (non-hydrogen) atoms. The highest BCUT2D eigenvalue weighted by Crippen LogP contribution is 2.15. The van der Waals surface area contributed by atoms with E-state index in [1.54, 1.807) is 0 Å². The quantitative estimate of drug-likeness (QED) is 0.928. The summed E-state index contributed by atoms with van der Waals surface area (Å²) in [4.78, 5) is 4.45. The minimum atomic E-state index is 0.558. The molecule has 0 saturated carbocycles. The zero-order valence-corrected chi connectivity index (χ0v) is 11.9. The van der Waals surface area contributed by atoms with Crippen LogP contribution in [0.15, 0.2) is 36.5 Å². The molecule has 4 nitrogen and oxygen atoms in total. The summed E-state index contributed by atoms with van der Waals surface area (Å²) in [6.07, 6.45) is 4.16. The number of nitrogens with one attached hydrogen (secondary N) is 1. The molecule has 4 heteroatoms. The predicted molar refractivity (Wildman–Crippen MR) is 79.0 cm³/mol. The number of aromatic nitrogens is 2. The number of hydrogen-bond donors (Lipinski definition) is 1. The van der Waals surface area contributed by atoms with Crippen molar-refractivity contribution < 1.29 is 4.74 Å². The summed E-state index contributed by atoms with van der Waals surface area (Å²) in [5, 5.41) is 3.62. The average Bonchev–Trinajstić information content (AvgIpc) is 2.88. The lowest BCUT2D eigenvalue weighted by Crippen LogP contribution is -2.34. The van der Waals surface area contributed by atoms with Gasteiger partial charge in [-0.1, -0.05) is 18.2 Å². The van der Waals surface area contributed by atoms with Crippen molar-refractivity contribution in [1.82, 2.24) is 14.9 Å². The van der Waals surface area contributed by atoms with Crippen molar-refractivity contribution in [3.63, 3.8) is 0 Å². The van der Waals surface area contributed by atoms with Crippen LogP contribution in [0.1, 0.15) is 24.4 Å². The molecule has 1 aromatic carbocycles. The molecule has 0 bridgehead atoms. The Bertz CT molecular complexity index is 544. The molecule has 0 unspecified atom stereocenters. The summed E-state index contributed by atoms with van der Waals surface area (Å²) in [6.45, 7) is 4.63. The third-order valence-corrected chi connectivity index (χ3v) is 3.82. The average molecular weight is 271 g/mol. The van der Waals surface area contributed by atoms with Gasteiger partial charge in [-0.2, -0.15) is 0 Å². The van der Waals surface area contributed by atoms with Gasteiger partial charge < -0.3 is 10.1 Å². The highest BCUT2D eigenvalue weighted by Gasteiger charge is 2.14. The van der Waals surface area contributed by atoms with Crippen molar-refractivity contribution in [2.24, 2.45) is 0 Å². The fourth-order valence-electron chi connectivity index (χ4n) is 2.70. The lowest BCUT2D eigenvalue weighted by atomic mass is 10.1. The Kier molecular flexibility index (Phi) is 4.14. The summed E-state index contributed by atoms with van der Waals surface area (Å²) in [5.74, 6) is 1.03. The Morgan fingerprint density at radius 2 is 2.00 bits per heavy atom. The molecule has 1 aromatic heterocycles. The molecule has 0 aliphatic carbocycles. The topological polar surface area (TPSA) is 39.1 Å². The minimum Gasteiger partial charge on any atom is -0.381 e. The number of hydrogen-bond acceptors (Lipinski definition) is 3. The van der Waals surface area contributed by atoms with Crippen LogP contribution in [0.4, 0.5) is 0 Å². The third kappa shape index (κ3) is 2.92. The second kappa shape index (κ2) is 6.20. The molecule has 2 aromatic rings. The Morgan fingerprint density at radius 1 is 1.25 bits per heavy atom. The molecule has 1 saturated heterocycles. The molecule has 1 aliphatic heterocycles. The number of benzene rings is 1. The van der Waals surface area contributed by atoms with E-state index in [0.717, 1.165) is 38.4 Å². The maximum Gasteiger partial charge on any atom is 0.110 e. The highest BCUT2D eigenvalue weighted by molar-refractivity contribution is 5.35. The van der Waals surface area contributed by atoms with E-state index in [4.69, 9.17) is 4.74 Å². The first-order chi connectivity index (χ1) is 9.84. The van der Waals surface area contributed by atoms with E-state index in [1.807, 2.05) is 19.2 Å². The molecule has 3 rings (SSSR count). The minimum absolute atomic E-state index is 0.558. The number of imidazole rings is 1. The molecule has 0 radical (unpaired) electrons. The van der Waals surface area contributed by atoms with Gasteiger partial charge in [0.25, 0.3) is 0 Å². The molecule has 0 spiro atoms. The van der Waals surface area contributed by atoms with Crippen LogP contribution in [0.3, 0.4) is 0 Å². The Labute approximate surface area is 119 Å². The second-order valence-corrected chi connectivity index (χ2v) is 5.24. The van der Waals surface area contributed by atoms with Gasteiger partial charge in [-0.05, 0) is 31.9 Å². The van der Waals surface area contributed by atoms with Crippen LogP contribution < -0.4 is 5.32 Å². The van der Waals surface area contributed by atoms with Crippen molar-refractivity contribution >= 4 is 0 Å². The van der Waals surface area contributed by atoms with Crippen LogP contribution in [-0.2, 0) is 11.3 Å². The van der Waals surface area contributed by atoms with Crippen molar-refractivity contribution in [2.75, 3.05) is 13.2 Å². The van der Waals surface area contributed by atoms with E-state index in [1.165, 1.54) is 11.4 Å². The first kappa shape index (κ1) is 13.3. The van der Waals surface area contributed by atoms with Crippen LogP contribution in [0.5, 0.6) is 0 Å². The fraction of sp³-hybridized carbons (Fsp3) is 0.438. The molecule has 0 amide bonds. The molecular weight excluding hydrogens is 250 g/mol. The predicted octanol–water partition coefficient (Wildman–Crippen LogP) is 2.45. The maximum absolute atomic E-state index is 5.39. The van der Waals surface area contributed by atoms with Gasteiger partial charge in [-0.15, -0.1) is 0 Å². The van der Waals surface area contributed by atoms with Gasteiger partial charge in [0.15, 0.2) is 0 Å². The standard InChI is InChI=1S/C16H21N3O/c1-13-17-11-16(12-18-14-7-9-20-10-8-14)19(13)15-5-3-2-4-6-15/h2-6,11,14,18H,7-10,12H2,1H3. The number of rotatable bonds is 4. The monoisotopic (exact) mass is 271 g/mol. The molecular formula is C16H21N3O. The van der Waals surface area contributed by atoms with Gasteiger partial charge in [-0.3, -0.25) is 4.57 Å². The van der Waals surface area contributed by atoms with Gasteiger partial charge in [0.1, 0.15) is 5.82 Å². The van der Waals surface area contributed by atoms with E-state index in [2.05, 4.69) is 39.1 Å². The van der Waals surface area contributed by atoms with Crippen LogP contribution in [0, 0.1) is 6.92 Å². The number of ether oxygens (including phenoxy) is 1.